The summed E-state index contributed by atoms with van der Waals surface area (Å²) >= 11 is 0. The predicted molar refractivity (Wildman–Crippen MR) is 78.5 cm³/mol. The van der Waals surface area contributed by atoms with Crippen molar-refractivity contribution in [2.45, 2.75) is 31.6 Å². The van der Waals surface area contributed by atoms with Crippen molar-refractivity contribution in [1.82, 2.24) is 4.98 Å². The standard InChI is InChI=1S/C16H22N2O/c1-2-12-3-4-15-13(9-12)14(10-18-15)16(11-17)5-7-19-8-6-16/h3-4,9-10,18H,2,5-8,11,17H2,1H3. The van der Waals surface area contributed by atoms with Crippen molar-refractivity contribution in [3.05, 3.63) is 35.5 Å². The maximum absolute atomic E-state index is 6.12. The molecule has 1 saturated heterocycles. The van der Waals surface area contributed by atoms with Crippen molar-refractivity contribution >= 4 is 10.9 Å². The number of H-pyrrole nitrogens is 1. The highest BCUT2D eigenvalue weighted by Crippen LogP contribution is 2.38. The Labute approximate surface area is 114 Å². The second kappa shape index (κ2) is 4.99. The molecule has 0 atom stereocenters. The molecule has 2 heterocycles. The van der Waals surface area contributed by atoms with Crippen LogP contribution in [0.25, 0.3) is 10.9 Å². The van der Waals surface area contributed by atoms with Crippen LogP contribution in [-0.2, 0) is 16.6 Å². The zero-order valence-corrected chi connectivity index (χ0v) is 11.5. The Morgan fingerprint density at radius 3 is 2.79 bits per heavy atom. The maximum Gasteiger partial charge on any atom is 0.0475 e. The quantitative estimate of drug-likeness (QED) is 0.889. The van der Waals surface area contributed by atoms with Gasteiger partial charge >= 0.3 is 0 Å². The highest BCUT2D eigenvalue weighted by atomic mass is 16.5. The Kier molecular flexibility index (Phi) is 3.33. The molecule has 3 N–H and O–H groups in total. The van der Waals surface area contributed by atoms with Crippen LogP contribution in [0.2, 0.25) is 0 Å². The van der Waals surface area contributed by atoms with Gasteiger partial charge in [-0.05, 0) is 42.5 Å². The average Bonchev–Trinajstić information content (AvgIpc) is 2.91. The largest absolute Gasteiger partial charge is 0.381 e. The van der Waals surface area contributed by atoms with Crippen LogP contribution in [0.5, 0.6) is 0 Å². The van der Waals surface area contributed by atoms with E-state index in [0.717, 1.165) is 32.5 Å². The van der Waals surface area contributed by atoms with E-state index < -0.39 is 0 Å². The van der Waals surface area contributed by atoms with Crippen molar-refractivity contribution in [2.24, 2.45) is 5.73 Å². The number of fused-ring (bicyclic) bond motifs is 1. The van der Waals surface area contributed by atoms with Gasteiger partial charge in [-0.25, -0.2) is 0 Å². The molecule has 1 fully saturated rings. The van der Waals surface area contributed by atoms with Crippen LogP contribution in [0.15, 0.2) is 24.4 Å². The van der Waals surface area contributed by atoms with E-state index in [4.69, 9.17) is 10.5 Å². The molecular weight excluding hydrogens is 236 g/mol. The molecule has 0 saturated carbocycles. The minimum Gasteiger partial charge on any atom is -0.381 e. The number of ether oxygens (including phenoxy) is 1. The number of aryl methyl sites for hydroxylation is 1. The van der Waals surface area contributed by atoms with Crippen LogP contribution in [0, 0.1) is 0 Å². The van der Waals surface area contributed by atoms with Crippen LogP contribution in [0.3, 0.4) is 0 Å². The molecule has 2 aromatic rings. The summed E-state index contributed by atoms with van der Waals surface area (Å²) in [6.45, 7) is 4.52. The molecule has 102 valence electrons. The summed E-state index contributed by atoms with van der Waals surface area (Å²) in [5, 5.41) is 1.34. The average molecular weight is 258 g/mol. The van der Waals surface area contributed by atoms with Gasteiger partial charge in [0.05, 0.1) is 0 Å². The lowest BCUT2D eigenvalue weighted by atomic mass is 9.74. The van der Waals surface area contributed by atoms with Crippen LogP contribution in [0.1, 0.15) is 30.9 Å². The summed E-state index contributed by atoms with van der Waals surface area (Å²) in [6.07, 6.45) is 5.27. The number of rotatable bonds is 3. The first-order valence-electron chi connectivity index (χ1n) is 7.17. The van der Waals surface area contributed by atoms with Crippen LogP contribution >= 0.6 is 0 Å². The minimum absolute atomic E-state index is 0.0862. The smallest absolute Gasteiger partial charge is 0.0475 e. The molecule has 1 aromatic carbocycles. The third-order valence-corrected chi connectivity index (χ3v) is 4.57. The Balaban J connectivity index is 2.12. The summed E-state index contributed by atoms with van der Waals surface area (Å²) in [5.74, 6) is 0. The van der Waals surface area contributed by atoms with Crippen molar-refractivity contribution in [3.63, 3.8) is 0 Å². The molecule has 0 spiro atoms. The number of benzene rings is 1. The zero-order chi connectivity index (χ0) is 13.3. The molecule has 1 aliphatic rings. The van der Waals surface area contributed by atoms with E-state index in [0.29, 0.717) is 6.54 Å². The zero-order valence-electron chi connectivity index (χ0n) is 11.5. The van der Waals surface area contributed by atoms with Crippen molar-refractivity contribution in [3.8, 4) is 0 Å². The Morgan fingerprint density at radius 1 is 1.32 bits per heavy atom. The Morgan fingerprint density at radius 2 is 2.11 bits per heavy atom. The van der Waals surface area contributed by atoms with Crippen LogP contribution in [0.4, 0.5) is 0 Å². The third kappa shape index (κ3) is 2.07. The van der Waals surface area contributed by atoms with Gasteiger partial charge in [0.2, 0.25) is 0 Å². The lowest BCUT2D eigenvalue weighted by molar-refractivity contribution is 0.0534. The number of aromatic amines is 1. The second-order valence-electron chi connectivity index (χ2n) is 5.53. The van der Waals surface area contributed by atoms with Crippen molar-refractivity contribution in [1.29, 1.82) is 0 Å². The fourth-order valence-corrected chi connectivity index (χ4v) is 3.17. The van der Waals surface area contributed by atoms with Crippen LogP contribution < -0.4 is 5.73 Å². The first kappa shape index (κ1) is 12.7. The van der Waals surface area contributed by atoms with Gasteiger partial charge in [0.25, 0.3) is 0 Å². The molecule has 0 aliphatic carbocycles. The van der Waals surface area contributed by atoms with E-state index in [-0.39, 0.29) is 5.41 Å². The first-order valence-corrected chi connectivity index (χ1v) is 7.17. The second-order valence-corrected chi connectivity index (χ2v) is 5.53. The highest BCUT2D eigenvalue weighted by Gasteiger charge is 2.35. The maximum atomic E-state index is 6.12. The first-order chi connectivity index (χ1) is 9.29. The van der Waals surface area contributed by atoms with Gasteiger partial charge in [0.15, 0.2) is 0 Å². The monoisotopic (exact) mass is 258 g/mol. The minimum atomic E-state index is 0.0862. The summed E-state index contributed by atoms with van der Waals surface area (Å²) in [4.78, 5) is 3.40. The fraction of sp³-hybridized carbons (Fsp3) is 0.500. The fourth-order valence-electron chi connectivity index (χ4n) is 3.17. The molecule has 3 rings (SSSR count). The molecular formula is C16H22N2O. The van der Waals surface area contributed by atoms with E-state index in [1.807, 2.05) is 0 Å². The molecule has 3 nitrogen and oxygen atoms in total. The summed E-state index contributed by atoms with van der Waals surface area (Å²) in [5.41, 5.74) is 10.2. The van der Waals surface area contributed by atoms with Gasteiger partial charge in [-0.3, -0.25) is 0 Å². The number of aromatic nitrogens is 1. The van der Waals surface area contributed by atoms with E-state index in [2.05, 4.69) is 36.3 Å². The molecule has 0 radical (unpaired) electrons. The summed E-state index contributed by atoms with van der Waals surface area (Å²) in [6, 6.07) is 6.69. The Bertz CT molecular complexity index is 567. The van der Waals surface area contributed by atoms with Crippen LogP contribution in [-0.4, -0.2) is 24.7 Å². The van der Waals surface area contributed by atoms with E-state index in [1.54, 1.807) is 0 Å². The number of nitrogens with one attached hydrogen (secondary N) is 1. The molecule has 3 heteroatoms. The van der Waals surface area contributed by atoms with E-state index in [1.165, 1.54) is 22.0 Å². The number of hydrogen-bond acceptors (Lipinski definition) is 2. The van der Waals surface area contributed by atoms with Gasteiger partial charge in [0, 0.05) is 42.3 Å². The van der Waals surface area contributed by atoms with Crippen molar-refractivity contribution in [2.75, 3.05) is 19.8 Å². The predicted octanol–water partition coefficient (Wildman–Crippen LogP) is 2.74. The van der Waals surface area contributed by atoms with Gasteiger partial charge in [-0.2, -0.15) is 0 Å². The van der Waals surface area contributed by atoms with Gasteiger partial charge in [-0.1, -0.05) is 13.0 Å². The van der Waals surface area contributed by atoms with Gasteiger partial charge < -0.3 is 15.5 Å². The molecule has 0 unspecified atom stereocenters. The molecule has 0 bridgehead atoms. The normalized spacial score (nSPS) is 18.8. The van der Waals surface area contributed by atoms with E-state index >= 15 is 0 Å². The third-order valence-electron chi connectivity index (χ3n) is 4.57. The number of nitrogens with two attached hydrogens (primary N) is 1. The molecule has 1 aliphatic heterocycles. The Hall–Kier alpha value is -1.32. The molecule has 0 amide bonds. The van der Waals surface area contributed by atoms with Gasteiger partial charge in [0.1, 0.15) is 0 Å². The SMILES string of the molecule is CCc1ccc2[nH]cc(C3(CN)CCOCC3)c2c1. The van der Waals surface area contributed by atoms with Crippen molar-refractivity contribution < 1.29 is 4.74 Å². The lowest BCUT2D eigenvalue weighted by Gasteiger charge is -2.36. The topological polar surface area (TPSA) is 51.0 Å². The number of hydrogen-bond donors (Lipinski definition) is 2. The molecule has 19 heavy (non-hydrogen) atoms. The van der Waals surface area contributed by atoms with Gasteiger partial charge in [-0.15, -0.1) is 0 Å². The summed E-state index contributed by atoms with van der Waals surface area (Å²) in [7, 11) is 0. The lowest BCUT2D eigenvalue weighted by Crippen LogP contribution is -2.40. The summed E-state index contributed by atoms with van der Waals surface area (Å²) < 4.78 is 5.52. The van der Waals surface area contributed by atoms with E-state index in [9.17, 15) is 0 Å². The highest BCUT2D eigenvalue weighted by molar-refractivity contribution is 5.85. The molecule has 1 aromatic heterocycles.